The van der Waals surface area contributed by atoms with E-state index in [2.05, 4.69) is 20.1 Å². The molecular formula is C23H24F3N5O3. The molecule has 0 radical (unpaired) electrons. The maximum Gasteiger partial charge on any atom is 0.574 e. The molecule has 2 aliphatic rings. The molecule has 1 aromatic heterocycles. The summed E-state index contributed by atoms with van der Waals surface area (Å²) in [6, 6.07) is 8.84. The molecule has 34 heavy (non-hydrogen) atoms. The van der Waals surface area contributed by atoms with E-state index < -0.39 is 24.3 Å². The van der Waals surface area contributed by atoms with Gasteiger partial charge in [0, 0.05) is 25.2 Å². The number of hydrogen-bond donors (Lipinski definition) is 1. The number of carbonyl (C=O) groups is 2. The van der Waals surface area contributed by atoms with Gasteiger partial charge >= 0.3 is 12.4 Å². The normalized spacial score (nSPS) is 19.3. The second kappa shape index (κ2) is 9.32. The number of aromatic nitrogens is 1. The first-order valence-corrected chi connectivity index (χ1v) is 10.9. The third kappa shape index (κ3) is 5.29. The molecule has 2 aromatic rings. The highest BCUT2D eigenvalue weighted by Gasteiger charge is 2.39. The molecule has 180 valence electrons. The predicted molar refractivity (Wildman–Crippen MR) is 117 cm³/mol. The molecule has 1 unspecified atom stereocenters. The molecule has 11 heteroatoms. The maximum absolute atomic E-state index is 13.0. The number of nitrogens with zero attached hydrogens (tertiary/aromatic N) is 4. The lowest BCUT2D eigenvalue weighted by atomic mass is 10.0. The average molecular weight is 475 g/mol. The average Bonchev–Trinajstić information content (AvgIpc) is 3.40. The summed E-state index contributed by atoms with van der Waals surface area (Å²) in [5.74, 6) is -0.549. The molecular weight excluding hydrogens is 451 g/mol. The van der Waals surface area contributed by atoms with Crippen LogP contribution in [-0.2, 0) is 4.79 Å². The molecule has 8 nitrogen and oxygen atoms in total. The van der Waals surface area contributed by atoms with E-state index in [1.807, 2.05) is 31.2 Å². The maximum atomic E-state index is 13.0. The van der Waals surface area contributed by atoms with Gasteiger partial charge in [-0.25, -0.2) is 14.8 Å². The Bertz CT molecular complexity index is 1090. The van der Waals surface area contributed by atoms with Crippen LogP contribution in [0.3, 0.4) is 0 Å². The fourth-order valence-corrected chi connectivity index (χ4v) is 4.01. The number of aryl methyl sites for hydroxylation is 1. The molecule has 2 aliphatic heterocycles. The van der Waals surface area contributed by atoms with Crippen molar-refractivity contribution >= 4 is 17.6 Å². The molecule has 4 rings (SSSR count). The highest BCUT2D eigenvalue weighted by atomic mass is 19.4. The Labute approximate surface area is 194 Å². The van der Waals surface area contributed by atoms with Crippen LogP contribution < -0.4 is 10.1 Å². The van der Waals surface area contributed by atoms with Gasteiger partial charge in [-0.05, 0) is 31.4 Å². The largest absolute Gasteiger partial charge is 0.574 e. The lowest BCUT2D eigenvalue weighted by Crippen LogP contribution is -2.46. The summed E-state index contributed by atoms with van der Waals surface area (Å²) in [6.07, 6.45) is -2.38. The van der Waals surface area contributed by atoms with Crippen LogP contribution in [0.4, 0.5) is 18.0 Å². The van der Waals surface area contributed by atoms with Gasteiger partial charge in [0.25, 0.3) is 0 Å². The van der Waals surface area contributed by atoms with Gasteiger partial charge in [-0.2, -0.15) is 5.10 Å². The molecule has 1 aromatic carbocycles. The molecule has 1 N–H and O–H groups in total. The van der Waals surface area contributed by atoms with Gasteiger partial charge in [-0.3, -0.25) is 4.79 Å². The number of amides is 3. The summed E-state index contributed by atoms with van der Waals surface area (Å²) in [7, 11) is 0. The molecule has 1 saturated heterocycles. The summed E-state index contributed by atoms with van der Waals surface area (Å²) < 4.78 is 40.7. The second-order valence-electron chi connectivity index (χ2n) is 8.29. The number of hydrogen-bond acceptors (Lipinski definition) is 5. The van der Waals surface area contributed by atoms with Crippen LogP contribution in [0.15, 0.2) is 47.7 Å². The van der Waals surface area contributed by atoms with Crippen LogP contribution in [-0.4, -0.2) is 58.0 Å². The zero-order valence-corrected chi connectivity index (χ0v) is 18.7. The number of alkyl halides is 3. The van der Waals surface area contributed by atoms with E-state index in [9.17, 15) is 22.8 Å². The lowest BCUT2D eigenvalue weighted by molar-refractivity contribution is -0.276. The van der Waals surface area contributed by atoms with E-state index in [0.717, 1.165) is 23.6 Å². The first kappa shape index (κ1) is 23.5. The third-order valence-corrected chi connectivity index (χ3v) is 5.78. The van der Waals surface area contributed by atoms with Gasteiger partial charge in [0.05, 0.1) is 24.3 Å². The molecule has 0 saturated carbocycles. The Balaban J connectivity index is 1.48. The van der Waals surface area contributed by atoms with Crippen LogP contribution in [0.25, 0.3) is 0 Å². The number of likely N-dealkylation sites (tertiary alicyclic amines) is 1. The number of pyridine rings is 1. The second-order valence-corrected chi connectivity index (χ2v) is 8.29. The SMILES string of the molecule is Cc1ccc(C2=NN(C(=O)N[C@H](C)c3ccc(OC(F)(F)F)nc3)CC2N2CCCC2=O)cc1. The Hall–Kier alpha value is -3.63. The van der Waals surface area contributed by atoms with Gasteiger partial charge in [-0.15, -0.1) is 13.2 Å². The fourth-order valence-electron chi connectivity index (χ4n) is 4.01. The number of benzene rings is 1. The highest BCUT2D eigenvalue weighted by molar-refractivity contribution is 6.08. The van der Waals surface area contributed by atoms with Gasteiger partial charge in [0.1, 0.15) is 0 Å². The fraction of sp³-hybridized carbons (Fsp3) is 0.391. The summed E-state index contributed by atoms with van der Waals surface area (Å²) in [6.45, 7) is 4.48. The number of hydrazone groups is 1. The van der Waals surface area contributed by atoms with E-state index in [-0.39, 0.29) is 18.5 Å². The third-order valence-electron chi connectivity index (χ3n) is 5.78. The summed E-state index contributed by atoms with van der Waals surface area (Å²) in [5.41, 5.74) is 3.06. The number of urea groups is 1. The van der Waals surface area contributed by atoms with Crippen LogP contribution in [0.1, 0.15) is 42.5 Å². The number of nitrogens with one attached hydrogen (secondary N) is 1. The molecule has 2 atom stereocenters. The highest BCUT2D eigenvalue weighted by Crippen LogP contribution is 2.25. The minimum absolute atomic E-state index is 0.0349. The molecule has 0 bridgehead atoms. The van der Waals surface area contributed by atoms with E-state index in [0.29, 0.717) is 24.2 Å². The first-order valence-electron chi connectivity index (χ1n) is 10.9. The van der Waals surface area contributed by atoms with Crippen molar-refractivity contribution < 1.29 is 27.5 Å². The Morgan fingerprint density at radius 3 is 2.53 bits per heavy atom. The monoisotopic (exact) mass is 475 g/mol. The van der Waals surface area contributed by atoms with Crippen molar-refractivity contribution in [3.8, 4) is 5.88 Å². The Kier molecular flexibility index (Phi) is 6.45. The minimum atomic E-state index is -4.83. The van der Waals surface area contributed by atoms with Crippen molar-refractivity contribution in [2.75, 3.05) is 13.1 Å². The van der Waals surface area contributed by atoms with Crippen molar-refractivity contribution in [2.24, 2.45) is 5.10 Å². The van der Waals surface area contributed by atoms with Crippen molar-refractivity contribution in [1.29, 1.82) is 0 Å². The molecule has 0 aliphatic carbocycles. The van der Waals surface area contributed by atoms with Crippen molar-refractivity contribution in [2.45, 2.75) is 45.1 Å². The van der Waals surface area contributed by atoms with Crippen LogP contribution in [0.2, 0.25) is 0 Å². The number of rotatable bonds is 5. The molecule has 3 amide bonds. The molecule has 1 fully saturated rings. The van der Waals surface area contributed by atoms with Gasteiger partial charge in [0.15, 0.2) is 0 Å². The Morgan fingerprint density at radius 1 is 1.21 bits per heavy atom. The van der Waals surface area contributed by atoms with Crippen LogP contribution in [0.5, 0.6) is 5.88 Å². The topological polar surface area (TPSA) is 87.1 Å². The number of halogens is 3. The smallest absolute Gasteiger partial charge is 0.388 e. The van der Waals surface area contributed by atoms with Gasteiger partial charge in [0.2, 0.25) is 11.8 Å². The van der Waals surface area contributed by atoms with Crippen LogP contribution in [0, 0.1) is 6.92 Å². The minimum Gasteiger partial charge on any atom is -0.388 e. The van der Waals surface area contributed by atoms with E-state index >= 15 is 0 Å². The van der Waals surface area contributed by atoms with E-state index in [4.69, 9.17) is 0 Å². The quantitative estimate of drug-likeness (QED) is 0.713. The van der Waals surface area contributed by atoms with Crippen molar-refractivity contribution in [3.05, 3.63) is 59.3 Å². The molecule has 0 spiro atoms. The molecule has 3 heterocycles. The standard InChI is InChI=1S/C23H24F3N5O3/c1-14-5-7-16(8-6-14)21-18(30-11-3-4-20(30)32)13-31(29-21)22(33)28-15(2)17-9-10-19(27-12-17)34-23(24,25)26/h5-10,12,15,18H,3-4,11,13H2,1-2H3,(H,28,33)/t15-,18?/m1/s1. The number of ether oxygens (including phenoxy) is 1. The summed E-state index contributed by atoms with van der Waals surface area (Å²) >= 11 is 0. The van der Waals surface area contributed by atoms with Gasteiger partial charge in [-0.1, -0.05) is 35.9 Å². The van der Waals surface area contributed by atoms with Crippen molar-refractivity contribution in [1.82, 2.24) is 20.2 Å². The van der Waals surface area contributed by atoms with E-state index in [1.165, 1.54) is 17.3 Å². The first-order chi connectivity index (χ1) is 16.1. The van der Waals surface area contributed by atoms with Crippen molar-refractivity contribution in [3.63, 3.8) is 0 Å². The zero-order chi connectivity index (χ0) is 24.5. The number of carbonyl (C=O) groups excluding carboxylic acids is 2. The van der Waals surface area contributed by atoms with Crippen LogP contribution >= 0.6 is 0 Å². The summed E-state index contributed by atoms with van der Waals surface area (Å²) in [4.78, 5) is 30.8. The predicted octanol–water partition coefficient (Wildman–Crippen LogP) is 3.77. The zero-order valence-electron chi connectivity index (χ0n) is 18.7. The Morgan fingerprint density at radius 2 is 1.94 bits per heavy atom. The van der Waals surface area contributed by atoms with E-state index in [1.54, 1.807) is 11.8 Å². The summed E-state index contributed by atoms with van der Waals surface area (Å²) in [5, 5.41) is 8.60. The van der Waals surface area contributed by atoms with Gasteiger partial charge < -0.3 is 15.0 Å². The lowest BCUT2D eigenvalue weighted by Gasteiger charge is -2.25.